The lowest BCUT2D eigenvalue weighted by Crippen LogP contribution is -2.43. The van der Waals surface area contributed by atoms with Gasteiger partial charge in [-0.2, -0.15) is 13.6 Å². The Balaban J connectivity index is 2.23. The zero-order valence-electron chi connectivity index (χ0n) is 15.0. The molecule has 0 aromatic carbocycles. The summed E-state index contributed by atoms with van der Waals surface area (Å²) < 4.78 is 51.4. The third-order valence-electron chi connectivity index (χ3n) is 3.50. The maximum atomic E-state index is 12.1. The average Bonchev–Trinajstić information content (AvgIpc) is 2.82. The quantitative estimate of drug-likeness (QED) is 0.126. The molecule has 1 aliphatic rings. The lowest BCUT2D eigenvalue weighted by Gasteiger charge is -2.25. The van der Waals surface area contributed by atoms with E-state index in [9.17, 15) is 28.5 Å². The van der Waals surface area contributed by atoms with Crippen LogP contribution in [0.15, 0.2) is 11.1 Å². The summed E-state index contributed by atoms with van der Waals surface area (Å²) in [5.41, 5.74) is 4.26. The summed E-state index contributed by atoms with van der Waals surface area (Å²) in [5, 5.41) is 12.4. The molecule has 0 saturated carbocycles. The number of anilines is 1. The molecule has 22 heteroatoms. The van der Waals surface area contributed by atoms with Crippen LogP contribution in [0.2, 0.25) is 0 Å². The van der Waals surface area contributed by atoms with Crippen LogP contribution in [0.4, 0.5) is 5.95 Å². The van der Waals surface area contributed by atoms with E-state index in [-0.39, 0.29) is 0 Å². The number of alkyl halides is 1. The minimum atomic E-state index is -5.76. The summed E-state index contributed by atoms with van der Waals surface area (Å²) in [5.74, 6) is 1.81. The molecule has 2 rings (SSSR count). The second-order valence-corrected chi connectivity index (χ2v) is 11.0. The Labute approximate surface area is 187 Å². The van der Waals surface area contributed by atoms with Crippen molar-refractivity contribution >= 4 is 52.6 Å². The molecule has 180 valence electrons. The van der Waals surface area contributed by atoms with Gasteiger partial charge in [0, 0.05) is 5.38 Å². The summed E-state index contributed by atoms with van der Waals surface area (Å²) in [7, 11) is -16.9. The Hall–Kier alpha value is -0.920. The highest BCUT2D eigenvalue weighted by molar-refractivity contribution is 7.66. The highest BCUT2D eigenvalue weighted by Crippen LogP contribution is 2.66. The maximum Gasteiger partial charge on any atom is 0.490 e. The molecule has 1 aromatic rings. The number of nitrogens with zero attached hydrogens (tertiary/aromatic N) is 3. The van der Waals surface area contributed by atoms with E-state index >= 15 is 0 Å². The predicted octanol–water partition coefficient (Wildman–Crippen LogP) is -1.00. The van der Waals surface area contributed by atoms with Gasteiger partial charge in [-0.15, -0.1) is 0 Å². The second-order valence-electron chi connectivity index (χ2n) is 5.75. The summed E-state index contributed by atoms with van der Waals surface area (Å²) in [4.78, 5) is 52.5. The van der Waals surface area contributed by atoms with Gasteiger partial charge in [0.1, 0.15) is 18.5 Å². The first-order chi connectivity index (χ1) is 14.5. The van der Waals surface area contributed by atoms with Crippen LogP contribution in [0.5, 0.6) is 0 Å². The second kappa shape index (κ2) is 9.75. The smallest absolute Gasteiger partial charge is 0.387 e. The monoisotopic (exact) mass is 560 g/mol. The molecule has 0 radical (unpaired) electrons. The fraction of sp³-hybridized carbons (Fsp3) is 0.500. The van der Waals surface area contributed by atoms with Crippen LogP contribution < -0.4 is 11.4 Å². The minimum absolute atomic E-state index is 0.391. The van der Waals surface area contributed by atoms with Crippen molar-refractivity contribution in [3.63, 3.8) is 0 Å². The summed E-state index contributed by atoms with van der Waals surface area (Å²) in [6.45, 7) is -1.08. The fourth-order valence-corrected chi connectivity index (χ4v) is 5.93. The largest absolute Gasteiger partial charge is 0.490 e. The maximum absolute atomic E-state index is 12.1. The summed E-state index contributed by atoms with van der Waals surface area (Å²) in [6, 6.07) is 0. The first-order valence-corrected chi connectivity index (χ1v) is 12.9. The molecule has 3 unspecified atom stereocenters. The standard InChI is InChI=1S/C10H13Cl2N4O13P3/c11-2-1-10(12)6(17)5(27-7(10)16-4-14-8(13)15-9(16)18)3-26-31(22,23)29-32(24,25)28-30(19,20)21/h4-7,17H,3H2,(H,22,23)(H,24,25)(H2,13,15,18)(H2,19,20,21)/t5-,6+,7-,10?/m1/s1. The third-order valence-corrected chi connectivity index (χ3v) is 7.90. The highest BCUT2D eigenvalue weighted by atomic mass is 35.5. The zero-order chi connectivity index (χ0) is 24.5. The number of nitrogens with two attached hydrogens (primary N) is 1. The van der Waals surface area contributed by atoms with Gasteiger partial charge in [-0.25, -0.2) is 23.5 Å². The van der Waals surface area contributed by atoms with E-state index in [1.165, 1.54) is 0 Å². The molecule has 0 amide bonds. The minimum Gasteiger partial charge on any atom is -0.387 e. The van der Waals surface area contributed by atoms with Crippen LogP contribution in [-0.4, -0.2) is 62.9 Å². The van der Waals surface area contributed by atoms with Crippen molar-refractivity contribution in [3.05, 3.63) is 16.8 Å². The molecule has 7 N–H and O–H groups in total. The lowest BCUT2D eigenvalue weighted by atomic mass is 9.99. The highest BCUT2D eigenvalue weighted by Gasteiger charge is 2.57. The molecule has 1 saturated heterocycles. The van der Waals surface area contributed by atoms with Gasteiger partial charge in [0.05, 0.1) is 6.61 Å². The third kappa shape index (κ3) is 6.80. The SMILES string of the molecule is Nc1ncn([C@@H]2O[C@H](COP(=O)(O)OP(=O)(O)OP(=O)(O)O)[C@H](O)C2(Cl)C#CCl)c(=O)n1. The summed E-state index contributed by atoms with van der Waals surface area (Å²) in [6.07, 6.45) is -4.27. The molecule has 6 atom stereocenters. The van der Waals surface area contributed by atoms with Gasteiger partial charge < -0.3 is 35.2 Å². The van der Waals surface area contributed by atoms with E-state index < -0.39 is 65.0 Å². The van der Waals surface area contributed by atoms with Gasteiger partial charge in [0.15, 0.2) is 11.1 Å². The Bertz CT molecular complexity index is 1130. The lowest BCUT2D eigenvalue weighted by molar-refractivity contribution is -0.0458. The Morgan fingerprint density at radius 3 is 2.41 bits per heavy atom. The van der Waals surface area contributed by atoms with Crippen molar-refractivity contribution < 1.29 is 56.3 Å². The van der Waals surface area contributed by atoms with Crippen molar-refractivity contribution in [3.8, 4) is 11.3 Å². The number of hydrogen-bond acceptors (Lipinski definition) is 12. The first kappa shape index (κ1) is 27.3. The number of aliphatic hydroxyl groups excluding tert-OH is 1. The van der Waals surface area contributed by atoms with E-state index in [1.807, 2.05) is 5.38 Å². The van der Waals surface area contributed by atoms with Crippen molar-refractivity contribution in [2.75, 3.05) is 12.3 Å². The van der Waals surface area contributed by atoms with Crippen molar-refractivity contribution in [1.82, 2.24) is 14.5 Å². The summed E-state index contributed by atoms with van der Waals surface area (Å²) >= 11 is 11.6. The molecule has 0 bridgehead atoms. The predicted molar refractivity (Wildman–Crippen MR) is 103 cm³/mol. The van der Waals surface area contributed by atoms with Gasteiger partial charge >= 0.3 is 29.2 Å². The van der Waals surface area contributed by atoms with Crippen molar-refractivity contribution in [1.29, 1.82) is 0 Å². The van der Waals surface area contributed by atoms with Crippen LogP contribution >= 0.6 is 46.7 Å². The molecule has 0 spiro atoms. The molecular formula is C10H13Cl2N4O13P3. The van der Waals surface area contributed by atoms with Crippen LogP contribution in [0.25, 0.3) is 0 Å². The normalized spacial score (nSPS) is 29.5. The number of hydrogen-bond donors (Lipinski definition) is 6. The topological polar surface area (TPSA) is 263 Å². The van der Waals surface area contributed by atoms with Gasteiger partial charge in [-0.05, 0) is 11.6 Å². The Morgan fingerprint density at radius 2 is 1.88 bits per heavy atom. The molecular weight excluding hydrogens is 548 g/mol. The average molecular weight is 561 g/mol. The van der Waals surface area contributed by atoms with Crippen molar-refractivity contribution in [2.45, 2.75) is 23.3 Å². The number of phosphoric ester groups is 1. The van der Waals surface area contributed by atoms with E-state index in [0.29, 0.717) is 4.57 Å². The number of phosphoric acid groups is 3. The number of aromatic nitrogens is 3. The molecule has 1 aromatic heterocycles. The molecule has 2 heterocycles. The van der Waals surface area contributed by atoms with Crippen molar-refractivity contribution in [2.24, 2.45) is 0 Å². The van der Waals surface area contributed by atoms with E-state index in [1.54, 1.807) is 0 Å². The molecule has 1 fully saturated rings. The molecule has 0 aliphatic carbocycles. The number of halogens is 2. The number of ether oxygens (including phenoxy) is 1. The van der Waals surface area contributed by atoms with Crippen LogP contribution in [0.1, 0.15) is 6.23 Å². The van der Waals surface area contributed by atoms with E-state index in [4.69, 9.17) is 48.4 Å². The first-order valence-electron chi connectivity index (χ1n) is 7.64. The number of rotatable bonds is 8. The number of aliphatic hydroxyl groups is 1. The molecule has 17 nitrogen and oxygen atoms in total. The molecule has 1 aliphatic heterocycles. The van der Waals surface area contributed by atoms with E-state index in [2.05, 4.69) is 29.0 Å². The van der Waals surface area contributed by atoms with Crippen LogP contribution in [0, 0.1) is 11.3 Å². The Kier molecular flexibility index (Phi) is 8.32. The van der Waals surface area contributed by atoms with Crippen LogP contribution in [0.3, 0.4) is 0 Å². The van der Waals surface area contributed by atoms with Gasteiger partial charge in [-0.3, -0.25) is 9.09 Å². The zero-order valence-corrected chi connectivity index (χ0v) is 19.2. The number of nitrogen functional groups attached to an aromatic ring is 1. The molecule has 32 heavy (non-hydrogen) atoms. The van der Waals surface area contributed by atoms with E-state index in [0.717, 1.165) is 6.33 Å². The van der Waals surface area contributed by atoms with Gasteiger partial charge in [0.25, 0.3) is 0 Å². The van der Waals surface area contributed by atoms with Gasteiger partial charge in [0.2, 0.25) is 5.95 Å². The fourth-order valence-electron chi connectivity index (χ4n) is 2.35. The van der Waals surface area contributed by atoms with Gasteiger partial charge in [-0.1, -0.05) is 17.5 Å². The van der Waals surface area contributed by atoms with Crippen LogP contribution in [-0.2, 0) is 31.6 Å². The Morgan fingerprint density at radius 1 is 1.25 bits per heavy atom.